The van der Waals surface area contributed by atoms with Gasteiger partial charge in [0, 0.05) is 23.5 Å². The predicted octanol–water partition coefficient (Wildman–Crippen LogP) is 3.45. The summed E-state index contributed by atoms with van der Waals surface area (Å²) in [5, 5.41) is 8.66. The lowest BCUT2D eigenvalue weighted by Crippen LogP contribution is -2.29. The molecule has 0 saturated carbocycles. The second kappa shape index (κ2) is 11.1. The summed E-state index contributed by atoms with van der Waals surface area (Å²) >= 11 is 0. The van der Waals surface area contributed by atoms with Crippen molar-refractivity contribution in [1.82, 2.24) is 20.8 Å². The zero-order valence-corrected chi connectivity index (χ0v) is 18.0. The van der Waals surface area contributed by atoms with Crippen molar-refractivity contribution >= 4 is 23.2 Å². The molecule has 2 aromatic heterocycles. The molecule has 0 bridgehead atoms. The monoisotopic (exact) mass is 448 g/mol. The smallest absolute Gasteiger partial charge is 0.267 e. The second-order valence-corrected chi connectivity index (χ2v) is 6.96. The maximum Gasteiger partial charge on any atom is 0.271 e. The lowest BCUT2D eigenvalue weighted by Gasteiger charge is -2.10. The van der Waals surface area contributed by atoms with Gasteiger partial charge in [0.1, 0.15) is 11.4 Å². The first-order chi connectivity index (χ1) is 16.7. The first-order valence-electron chi connectivity index (χ1n) is 10.4. The van der Waals surface area contributed by atoms with Crippen LogP contribution in [0.1, 0.15) is 32.1 Å². The summed E-state index contributed by atoms with van der Waals surface area (Å²) < 4.78 is 0. The van der Waals surface area contributed by atoms with E-state index in [0.717, 1.165) is 0 Å². The van der Waals surface area contributed by atoms with Crippen molar-refractivity contribution in [1.29, 1.82) is 0 Å². The third kappa shape index (κ3) is 5.63. The van der Waals surface area contributed by atoms with Crippen molar-refractivity contribution in [2.24, 2.45) is 10.2 Å². The highest BCUT2D eigenvalue weighted by Gasteiger charge is 2.19. The summed E-state index contributed by atoms with van der Waals surface area (Å²) in [4.78, 5) is 34.0. The summed E-state index contributed by atoms with van der Waals surface area (Å²) in [7, 11) is 0. The first kappa shape index (κ1) is 22.2. The van der Waals surface area contributed by atoms with Crippen molar-refractivity contribution in [2.45, 2.75) is 0 Å². The van der Waals surface area contributed by atoms with Crippen LogP contribution in [0.4, 0.5) is 0 Å². The second-order valence-electron chi connectivity index (χ2n) is 6.96. The van der Waals surface area contributed by atoms with E-state index >= 15 is 0 Å². The molecule has 34 heavy (non-hydrogen) atoms. The number of rotatable bonds is 7. The van der Waals surface area contributed by atoms with Gasteiger partial charge in [0.15, 0.2) is 0 Å². The Morgan fingerprint density at radius 1 is 0.529 bits per heavy atom. The van der Waals surface area contributed by atoms with Crippen LogP contribution in [0.25, 0.3) is 0 Å². The Morgan fingerprint density at radius 2 is 0.912 bits per heavy atom. The van der Waals surface area contributed by atoms with Gasteiger partial charge in [-0.05, 0) is 48.5 Å². The van der Waals surface area contributed by atoms with E-state index in [0.29, 0.717) is 22.5 Å². The fraction of sp³-hybridized carbons (Fsp3) is 0. The number of carbonyl (C=O) groups excluding carboxylic acids is 2. The van der Waals surface area contributed by atoms with E-state index in [1.807, 2.05) is 12.1 Å². The molecule has 0 saturated heterocycles. The van der Waals surface area contributed by atoms with Crippen molar-refractivity contribution < 1.29 is 9.59 Å². The van der Waals surface area contributed by atoms with Gasteiger partial charge in [-0.2, -0.15) is 10.2 Å². The SMILES string of the molecule is O=C(NN=C(C(=NNC(=O)c1ccccc1)c1ccccn1)c1ccccn1)c1ccccc1. The molecule has 0 fully saturated rings. The van der Waals surface area contributed by atoms with Crippen LogP contribution < -0.4 is 10.9 Å². The summed E-state index contributed by atoms with van der Waals surface area (Å²) in [5.74, 6) is -0.801. The molecule has 166 valence electrons. The minimum Gasteiger partial charge on any atom is -0.267 e. The predicted molar refractivity (Wildman–Crippen MR) is 129 cm³/mol. The molecule has 0 aliphatic carbocycles. The Morgan fingerprint density at radius 3 is 1.26 bits per heavy atom. The Labute approximate surface area is 196 Å². The van der Waals surface area contributed by atoms with Crippen LogP contribution >= 0.6 is 0 Å². The zero-order chi connectivity index (χ0) is 23.6. The third-order valence-corrected chi connectivity index (χ3v) is 4.65. The normalized spacial score (nSPS) is 11.5. The minimum atomic E-state index is -0.400. The van der Waals surface area contributed by atoms with Gasteiger partial charge < -0.3 is 0 Å². The van der Waals surface area contributed by atoms with Crippen LogP contribution in [0, 0.1) is 0 Å². The summed E-state index contributed by atoms with van der Waals surface area (Å²) in [6.07, 6.45) is 3.20. The highest BCUT2D eigenvalue weighted by atomic mass is 16.2. The van der Waals surface area contributed by atoms with Crippen LogP contribution in [0.15, 0.2) is 120 Å². The molecule has 0 radical (unpaired) electrons. The van der Waals surface area contributed by atoms with Crippen LogP contribution in [0.2, 0.25) is 0 Å². The van der Waals surface area contributed by atoms with E-state index < -0.39 is 11.8 Å². The summed E-state index contributed by atoms with van der Waals surface area (Å²) in [5.41, 5.74) is 7.34. The minimum absolute atomic E-state index is 0.233. The van der Waals surface area contributed by atoms with Gasteiger partial charge in [0.05, 0.1) is 11.4 Å². The van der Waals surface area contributed by atoms with Crippen molar-refractivity contribution in [3.05, 3.63) is 132 Å². The van der Waals surface area contributed by atoms with E-state index in [9.17, 15) is 9.59 Å². The Kier molecular flexibility index (Phi) is 7.22. The molecule has 8 heteroatoms. The number of pyridine rings is 2. The van der Waals surface area contributed by atoms with Gasteiger partial charge in [-0.3, -0.25) is 19.6 Å². The van der Waals surface area contributed by atoms with Gasteiger partial charge in [0.2, 0.25) is 0 Å². The van der Waals surface area contributed by atoms with Crippen LogP contribution in [0.5, 0.6) is 0 Å². The zero-order valence-electron chi connectivity index (χ0n) is 18.0. The standard InChI is InChI=1S/C26H20N6O2/c33-25(19-11-3-1-4-12-19)31-29-23(21-15-7-9-17-27-21)24(22-16-8-10-18-28-22)30-32-26(34)20-13-5-2-6-14-20/h1-18H,(H,31,33)(H,32,34). The number of hydrogen-bond acceptors (Lipinski definition) is 6. The number of hydrazone groups is 2. The number of amides is 2. The summed E-state index contributed by atoms with van der Waals surface area (Å²) in [6, 6.07) is 28.0. The molecule has 0 aliphatic rings. The fourth-order valence-electron chi connectivity index (χ4n) is 2.99. The molecular formula is C26H20N6O2. The van der Waals surface area contributed by atoms with Crippen molar-refractivity contribution in [3.63, 3.8) is 0 Å². The van der Waals surface area contributed by atoms with Gasteiger partial charge >= 0.3 is 0 Å². The average Bonchev–Trinajstić information content (AvgIpc) is 2.92. The number of aromatic nitrogens is 2. The van der Waals surface area contributed by atoms with E-state index in [-0.39, 0.29) is 11.4 Å². The van der Waals surface area contributed by atoms with Crippen LogP contribution in [-0.2, 0) is 0 Å². The lowest BCUT2D eigenvalue weighted by atomic mass is 10.1. The molecule has 2 N–H and O–H groups in total. The molecule has 0 unspecified atom stereocenters. The van der Waals surface area contributed by atoms with Gasteiger partial charge in [-0.15, -0.1) is 0 Å². The third-order valence-electron chi connectivity index (χ3n) is 4.65. The van der Waals surface area contributed by atoms with Gasteiger partial charge in [0.25, 0.3) is 11.8 Å². The summed E-state index contributed by atoms with van der Waals surface area (Å²) in [6.45, 7) is 0. The molecular weight excluding hydrogens is 428 g/mol. The molecule has 0 atom stereocenters. The molecule has 2 aromatic carbocycles. The highest BCUT2D eigenvalue weighted by molar-refractivity contribution is 6.52. The number of nitrogens with zero attached hydrogens (tertiary/aromatic N) is 4. The molecule has 2 amide bonds. The molecule has 2 heterocycles. The van der Waals surface area contributed by atoms with Gasteiger partial charge in [-0.1, -0.05) is 48.5 Å². The topological polar surface area (TPSA) is 109 Å². The molecule has 0 aliphatic heterocycles. The average molecular weight is 448 g/mol. The largest absolute Gasteiger partial charge is 0.271 e. The maximum absolute atomic E-state index is 12.6. The Hall–Kier alpha value is -4.98. The number of carbonyl (C=O) groups is 2. The van der Waals surface area contributed by atoms with E-state index in [1.165, 1.54) is 0 Å². The lowest BCUT2D eigenvalue weighted by molar-refractivity contribution is 0.0946. The Balaban J connectivity index is 1.73. The van der Waals surface area contributed by atoms with Crippen LogP contribution in [-0.4, -0.2) is 33.2 Å². The maximum atomic E-state index is 12.6. The highest BCUT2D eigenvalue weighted by Crippen LogP contribution is 2.08. The van der Waals surface area contributed by atoms with E-state index in [4.69, 9.17) is 0 Å². The first-order valence-corrected chi connectivity index (χ1v) is 10.4. The van der Waals surface area contributed by atoms with Crippen molar-refractivity contribution in [3.8, 4) is 0 Å². The number of nitrogens with one attached hydrogen (secondary N) is 2. The number of hydrogen-bond donors (Lipinski definition) is 2. The van der Waals surface area contributed by atoms with Crippen LogP contribution in [0.3, 0.4) is 0 Å². The van der Waals surface area contributed by atoms with Crippen molar-refractivity contribution in [2.75, 3.05) is 0 Å². The van der Waals surface area contributed by atoms with Gasteiger partial charge in [-0.25, -0.2) is 10.9 Å². The fourth-order valence-corrected chi connectivity index (χ4v) is 2.99. The molecule has 4 aromatic rings. The molecule has 4 rings (SSSR count). The molecule has 8 nitrogen and oxygen atoms in total. The molecule has 0 spiro atoms. The van der Waals surface area contributed by atoms with E-state index in [2.05, 4.69) is 31.0 Å². The Bertz CT molecular complexity index is 1200. The number of benzene rings is 2. The quantitative estimate of drug-likeness (QED) is 0.333. The van der Waals surface area contributed by atoms with E-state index in [1.54, 1.807) is 97.3 Å².